The normalized spacial score (nSPS) is 11.1. The number of fused-ring (bicyclic) bond motifs is 1. The first-order valence-electron chi connectivity index (χ1n) is 4.55. The molecule has 74 valence electrons. The summed E-state index contributed by atoms with van der Waals surface area (Å²) < 4.78 is 1.30. The molecule has 1 aromatic carbocycles. The van der Waals surface area contributed by atoms with Crippen LogP contribution in [0.3, 0.4) is 0 Å². The van der Waals surface area contributed by atoms with Gasteiger partial charge in [-0.1, -0.05) is 6.92 Å². The molecule has 0 nitrogen and oxygen atoms in total. The lowest BCUT2D eigenvalue weighted by atomic mass is 10.1. The zero-order chi connectivity index (χ0) is 10.1. The monoisotopic (exact) mass is 242 g/mol. The molecule has 0 atom stereocenters. The lowest BCUT2D eigenvalue weighted by Gasteiger charge is -2.00. The molecule has 1 heterocycles. The van der Waals surface area contributed by atoms with Crippen molar-refractivity contribution >= 4 is 45.7 Å². The first-order chi connectivity index (χ1) is 6.74. The summed E-state index contributed by atoms with van der Waals surface area (Å²) in [5.41, 5.74) is 1.36. The van der Waals surface area contributed by atoms with Crippen LogP contribution in [0, 0.1) is 0 Å². The molecule has 0 saturated carbocycles. The number of hydrogen-bond acceptors (Lipinski definition) is 2. The topological polar surface area (TPSA) is 0 Å². The molecule has 0 aliphatic rings. The lowest BCUT2D eigenvalue weighted by Crippen LogP contribution is -1.80. The highest BCUT2D eigenvalue weighted by Crippen LogP contribution is 2.31. The first-order valence-corrected chi connectivity index (χ1v) is 6.34. The number of alkyl halides is 1. The molecule has 2 aromatic rings. The zero-order valence-electron chi connectivity index (χ0n) is 7.88. The standard InChI is InChI=1S/C11H11ClS2/c1-2-7-3-8(13)4-11-10(7)5-9(6-12)14-11/h3-5,13H,2,6H2,1H3. The summed E-state index contributed by atoms with van der Waals surface area (Å²) in [7, 11) is 0. The molecule has 0 N–H and O–H groups in total. The van der Waals surface area contributed by atoms with Crippen LogP contribution in [0.4, 0.5) is 0 Å². The van der Waals surface area contributed by atoms with Gasteiger partial charge in [0.05, 0.1) is 5.88 Å². The van der Waals surface area contributed by atoms with E-state index in [2.05, 4.69) is 37.8 Å². The smallest absolute Gasteiger partial charge is 0.0568 e. The number of halogens is 1. The average molecular weight is 243 g/mol. The number of benzene rings is 1. The maximum atomic E-state index is 5.83. The minimum atomic E-state index is 0.602. The Morgan fingerprint density at radius 2 is 2.14 bits per heavy atom. The molecule has 0 radical (unpaired) electrons. The number of thiophene rings is 1. The second-order valence-electron chi connectivity index (χ2n) is 3.22. The number of rotatable bonds is 2. The van der Waals surface area contributed by atoms with E-state index in [1.54, 1.807) is 11.3 Å². The van der Waals surface area contributed by atoms with E-state index in [0.29, 0.717) is 5.88 Å². The zero-order valence-corrected chi connectivity index (χ0v) is 10.3. The number of thiol groups is 1. The van der Waals surface area contributed by atoms with Crippen LogP contribution in [0.2, 0.25) is 0 Å². The highest BCUT2D eigenvalue weighted by molar-refractivity contribution is 7.80. The maximum absolute atomic E-state index is 5.83. The van der Waals surface area contributed by atoms with Gasteiger partial charge >= 0.3 is 0 Å². The van der Waals surface area contributed by atoms with Crippen LogP contribution >= 0.6 is 35.6 Å². The van der Waals surface area contributed by atoms with Crippen molar-refractivity contribution in [3.05, 3.63) is 28.6 Å². The van der Waals surface area contributed by atoms with Crippen molar-refractivity contribution in [1.29, 1.82) is 0 Å². The van der Waals surface area contributed by atoms with Crippen molar-refractivity contribution in [3.63, 3.8) is 0 Å². The Morgan fingerprint density at radius 1 is 1.36 bits per heavy atom. The van der Waals surface area contributed by atoms with Gasteiger partial charge in [0.1, 0.15) is 0 Å². The van der Waals surface area contributed by atoms with Crippen LogP contribution in [0.5, 0.6) is 0 Å². The second kappa shape index (κ2) is 4.13. The minimum Gasteiger partial charge on any atom is -0.143 e. The van der Waals surface area contributed by atoms with Gasteiger partial charge in [-0.3, -0.25) is 0 Å². The molecule has 0 unspecified atom stereocenters. The molecule has 0 spiro atoms. The quantitative estimate of drug-likeness (QED) is 0.582. The van der Waals surface area contributed by atoms with E-state index in [1.165, 1.54) is 20.5 Å². The fourth-order valence-electron chi connectivity index (χ4n) is 1.61. The van der Waals surface area contributed by atoms with E-state index in [1.807, 2.05) is 0 Å². The summed E-state index contributed by atoms with van der Waals surface area (Å²) in [6.45, 7) is 2.17. The minimum absolute atomic E-state index is 0.602. The number of aryl methyl sites for hydroxylation is 1. The van der Waals surface area contributed by atoms with Gasteiger partial charge in [0.25, 0.3) is 0 Å². The Balaban J connectivity index is 2.71. The van der Waals surface area contributed by atoms with Crippen LogP contribution in [-0.4, -0.2) is 0 Å². The third kappa shape index (κ3) is 1.79. The van der Waals surface area contributed by atoms with Crippen molar-refractivity contribution in [1.82, 2.24) is 0 Å². The SMILES string of the molecule is CCc1cc(S)cc2sc(CCl)cc12. The van der Waals surface area contributed by atoms with Gasteiger partial charge in [-0.25, -0.2) is 0 Å². The molecular formula is C11H11ClS2. The third-order valence-electron chi connectivity index (χ3n) is 2.27. The van der Waals surface area contributed by atoms with Gasteiger partial charge in [-0.15, -0.1) is 35.6 Å². The largest absolute Gasteiger partial charge is 0.143 e. The Morgan fingerprint density at radius 3 is 2.79 bits per heavy atom. The summed E-state index contributed by atoms with van der Waals surface area (Å²) >= 11 is 12.0. The summed E-state index contributed by atoms with van der Waals surface area (Å²) in [4.78, 5) is 2.27. The fourth-order valence-corrected chi connectivity index (χ4v) is 3.22. The molecule has 0 amide bonds. The van der Waals surface area contributed by atoms with Crippen molar-refractivity contribution in [2.75, 3.05) is 0 Å². The maximum Gasteiger partial charge on any atom is 0.0568 e. The Bertz CT molecular complexity index is 460. The molecule has 0 bridgehead atoms. The van der Waals surface area contributed by atoms with Gasteiger partial charge in [0.15, 0.2) is 0 Å². The van der Waals surface area contributed by atoms with Crippen molar-refractivity contribution < 1.29 is 0 Å². The van der Waals surface area contributed by atoms with Crippen LogP contribution in [-0.2, 0) is 12.3 Å². The molecule has 0 aliphatic carbocycles. The van der Waals surface area contributed by atoms with Crippen molar-refractivity contribution in [3.8, 4) is 0 Å². The fraction of sp³-hybridized carbons (Fsp3) is 0.273. The number of hydrogen-bond donors (Lipinski definition) is 1. The molecule has 1 aromatic heterocycles. The predicted molar refractivity (Wildman–Crippen MR) is 68.0 cm³/mol. The van der Waals surface area contributed by atoms with E-state index >= 15 is 0 Å². The van der Waals surface area contributed by atoms with Crippen LogP contribution in [0.15, 0.2) is 23.1 Å². The molecule has 2 rings (SSSR count). The van der Waals surface area contributed by atoms with Crippen molar-refractivity contribution in [2.45, 2.75) is 24.1 Å². The van der Waals surface area contributed by atoms with Crippen LogP contribution in [0.25, 0.3) is 10.1 Å². The summed E-state index contributed by atoms with van der Waals surface area (Å²) in [6.07, 6.45) is 1.04. The average Bonchev–Trinajstić information content (AvgIpc) is 2.59. The third-order valence-corrected chi connectivity index (χ3v) is 4.06. The Labute approximate surface area is 98.3 Å². The van der Waals surface area contributed by atoms with E-state index in [0.717, 1.165) is 11.3 Å². The molecule has 0 fully saturated rings. The molecular weight excluding hydrogens is 232 g/mol. The highest BCUT2D eigenvalue weighted by Gasteiger charge is 2.05. The van der Waals surface area contributed by atoms with E-state index < -0.39 is 0 Å². The Kier molecular flexibility index (Phi) is 3.05. The molecule has 0 saturated heterocycles. The lowest BCUT2D eigenvalue weighted by molar-refractivity contribution is 1.15. The van der Waals surface area contributed by atoms with E-state index in [9.17, 15) is 0 Å². The molecule has 3 heteroatoms. The van der Waals surface area contributed by atoms with Crippen molar-refractivity contribution in [2.24, 2.45) is 0 Å². The van der Waals surface area contributed by atoms with E-state index in [-0.39, 0.29) is 0 Å². The Hall–Kier alpha value is -0.180. The highest BCUT2D eigenvalue weighted by atomic mass is 35.5. The van der Waals surface area contributed by atoms with Gasteiger partial charge in [-0.2, -0.15) is 0 Å². The molecule has 14 heavy (non-hydrogen) atoms. The summed E-state index contributed by atoms with van der Waals surface area (Å²) in [6, 6.07) is 6.44. The van der Waals surface area contributed by atoms with Crippen LogP contribution in [0.1, 0.15) is 17.4 Å². The predicted octanol–water partition coefficient (Wildman–Crippen LogP) is 4.49. The van der Waals surface area contributed by atoms with Gasteiger partial charge in [-0.05, 0) is 35.6 Å². The van der Waals surface area contributed by atoms with Crippen LogP contribution < -0.4 is 0 Å². The van der Waals surface area contributed by atoms with E-state index in [4.69, 9.17) is 11.6 Å². The van der Waals surface area contributed by atoms with Gasteiger partial charge in [0, 0.05) is 14.5 Å². The first kappa shape index (κ1) is 10.3. The van der Waals surface area contributed by atoms with Gasteiger partial charge in [0.2, 0.25) is 0 Å². The summed E-state index contributed by atoms with van der Waals surface area (Å²) in [5, 5.41) is 1.34. The summed E-state index contributed by atoms with van der Waals surface area (Å²) in [5.74, 6) is 0.602. The second-order valence-corrected chi connectivity index (χ2v) is 5.17. The molecule has 0 aliphatic heterocycles. The van der Waals surface area contributed by atoms with Gasteiger partial charge < -0.3 is 0 Å².